The summed E-state index contributed by atoms with van der Waals surface area (Å²) in [6.07, 6.45) is 0.603. The van der Waals surface area contributed by atoms with Gasteiger partial charge in [0.15, 0.2) is 6.61 Å². The number of imidazole rings is 1. The van der Waals surface area contributed by atoms with Crippen LogP contribution in [-0.2, 0) is 4.74 Å². The molecule has 30 heavy (non-hydrogen) atoms. The summed E-state index contributed by atoms with van der Waals surface area (Å²) in [5.41, 5.74) is 1.70. The molecule has 1 aliphatic heterocycles. The largest absolute Gasteiger partial charge is 0.483 e. The molecule has 0 spiro atoms. The fourth-order valence-corrected chi connectivity index (χ4v) is 3.42. The van der Waals surface area contributed by atoms with Crippen LogP contribution in [0, 0.1) is 0 Å². The lowest BCUT2D eigenvalue weighted by molar-refractivity contribution is -0.153. The van der Waals surface area contributed by atoms with Crippen LogP contribution in [0.5, 0.6) is 5.75 Å². The van der Waals surface area contributed by atoms with Crippen molar-refractivity contribution >= 4 is 11.6 Å². The summed E-state index contributed by atoms with van der Waals surface area (Å²) in [5, 5.41) is 2.91. The normalized spacial score (nSPS) is 17.1. The number of amides is 1. The first-order valence-electron chi connectivity index (χ1n) is 9.56. The molecule has 9 heteroatoms. The van der Waals surface area contributed by atoms with Gasteiger partial charge in [0.05, 0.1) is 12.6 Å². The van der Waals surface area contributed by atoms with Gasteiger partial charge in [-0.1, -0.05) is 18.2 Å². The van der Waals surface area contributed by atoms with E-state index in [4.69, 9.17) is 9.47 Å². The van der Waals surface area contributed by atoms with Crippen LogP contribution in [0.3, 0.4) is 0 Å². The summed E-state index contributed by atoms with van der Waals surface area (Å²) in [6.45, 7) is -0.229. The summed E-state index contributed by atoms with van der Waals surface area (Å²) >= 11 is 0. The zero-order chi connectivity index (χ0) is 21.1. The molecule has 0 aliphatic carbocycles. The number of nitrogens with zero attached hydrogens (tertiary/aromatic N) is 2. The van der Waals surface area contributed by atoms with Gasteiger partial charge >= 0.3 is 6.18 Å². The van der Waals surface area contributed by atoms with Crippen molar-refractivity contribution in [2.24, 2.45) is 0 Å². The average molecular weight is 419 g/mol. The molecule has 158 valence electrons. The zero-order valence-electron chi connectivity index (χ0n) is 16.0. The highest BCUT2D eigenvalue weighted by Crippen LogP contribution is 2.33. The average Bonchev–Trinajstić information content (AvgIpc) is 3.17. The number of fused-ring (bicyclic) bond motifs is 1. The van der Waals surface area contributed by atoms with Crippen molar-refractivity contribution in [3.05, 3.63) is 54.5 Å². The van der Waals surface area contributed by atoms with E-state index in [1.165, 1.54) is 6.07 Å². The number of para-hydroxylation sites is 1. The van der Waals surface area contributed by atoms with E-state index in [0.717, 1.165) is 12.8 Å². The number of aromatic nitrogens is 2. The van der Waals surface area contributed by atoms with Crippen LogP contribution in [-0.4, -0.2) is 47.3 Å². The maximum absolute atomic E-state index is 12.6. The molecule has 1 N–H and O–H groups in total. The highest BCUT2D eigenvalue weighted by Gasteiger charge is 2.29. The molecule has 1 fully saturated rings. The van der Waals surface area contributed by atoms with Gasteiger partial charge in [-0.15, -0.1) is 0 Å². The number of carbonyl (C=O) groups excluding carboxylic acids is 1. The number of hydrogen-bond donors (Lipinski definition) is 1. The Kier molecular flexibility index (Phi) is 5.63. The third kappa shape index (κ3) is 4.56. The van der Waals surface area contributed by atoms with Crippen LogP contribution in [0.15, 0.2) is 48.8 Å². The van der Waals surface area contributed by atoms with E-state index in [1.54, 1.807) is 47.1 Å². The van der Waals surface area contributed by atoms with Crippen molar-refractivity contribution in [1.29, 1.82) is 0 Å². The molecule has 6 nitrogen and oxygen atoms in total. The Hall–Kier alpha value is -3.07. The van der Waals surface area contributed by atoms with Crippen molar-refractivity contribution in [2.75, 3.05) is 19.8 Å². The number of nitrogens with one attached hydrogen (secondary N) is 1. The maximum atomic E-state index is 12.6. The lowest BCUT2D eigenvalue weighted by atomic mass is 10.1. The van der Waals surface area contributed by atoms with E-state index >= 15 is 0 Å². The Morgan fingerprint density at radius 3 is 2.80 bits per heavy atom. The van der Waals surface area contributed by atoms with E-state index in [9.17, 15) is 18.0 Å². The number of pyridine rings is 1. The minimum atomic E-state index is -4.44. The Labute approximate surface area is 170 Å². The zero-order valence-corrected chi connectivity index (χ0v) is 16.0. The molecule has 1 aromatic carbocycles. The Balaban J connectivity index is 1.64. The second-order valence-electron chi connectivity index (χ2n) is 7.07. The number of hydrogen-bond acceptors (Lipinski definition) is 4. The van der Waals surface area contributed by atoms with Gasteiger partial charge in [-0.25, -0.2) is 4.98 Å². The molecule has 1 atom stereocenters. The van der Waals surface area contributed by atoms with E-state index in [2.05, 4.69) is 10.3 Å². The minimum Gasteiger partial charge on any atom is -0.483 e. The summed E-state index contributed by atoms with van der Waals surface area (Å²) in [6, 6.07) is 9.85. The van der Waals surface area contributed by atoms with Gasteiger partial charge in [-0.3, -0.25) is 4.79 Å². The monoisotopic (exact) mass is 419 g/mol. The van der Waals surface area contributed by atoms with E-state index < -0.39 is 12.8 Å². The molecule has 1 saturated heterocycles. The fourth-order valence-electron chi connectivity index (χ4n) is 3.42. The van der Waals surface area contributed by atoms with Gasteiger partial charge in [0.1, 0.15) is 17.1 Å². The van der Waals surface area contributed by atoms with E-state index in [1.807, 2.05) is 0 Å². The number of halogens is 3. The summed E-state index contributed by atoms with van der Waals surface area (Å²) in [7, 11) is 0. The number of rotatable bonds is 5. The Morgan fingerprint density at radius 2 is 2.03 bits per heavy atom. The molecular weight excluding hydrogens is 399 g/mol. The van der Waals surface area contributed by atoms with E-state index in [0.29, 0.717) is 30.0 Å². The molecule has 0 radical (unpaired) electrons. The van der Waals surface area contributed by atoms with Crippen molar-refractivity contribution < 1.29 is 27.4 Å². The number of ether oxygens (including phenoxy) is 2. The number of carbonyl (C=O) groups is 1. The molecule has 1 unspecified atom stereocenters. The molecule has 0 saturated carbocycles. The predicted molar refractivity (Wildman–Crippen MR) is 103 cm³/mol. The van der Waals surface area contributed by atoms with Gasteiger partial charge in [0, 0.05) is 30.1 Å². The number of benzene rings is 1. The van der Waals surface area contributed by atoms with Crippen LogP contribution >= 0.6 is 0 Å². The van der Waals surface area contributed by atoms with Gasteiger partial charge < -0.3 is 19.2 Å². The van der Waals surface area contributed by atoms with Crippen LogP contribution in [0.2, 0.25) is 0 Å². The quantitative estimate of drug-likeness (QED) is 0.682. The van der Waals surface area contributed by atoms with Gasteiger partial charge in [-0.05, 0) is 31.0 Å². The van der Waals surface area contributed by atoms with Gasteiger partial charge in [0.2, 0.25) is 0 Å². The van der Waals surface area contributed by atoms with Crippen molar-refractivity contribution in [1.82, 2.24) is 14.7 Å². The lowest BCUT2D eigenvalue weighted by Gasteiger charge is -2.22. The molecule has 3 heterocycles. The first kappa shape index (κ1) is 20.2. The topological polar surface area (TPSA) is 64.9 Å². The molecule has 1 aliphatic rings. The van der Waals surface area contributed by atoms with E-state index in [-0.39, 0.29) is 23.4 Å². The van der Waals surface area contributed by atoms with Crippen molar-refractivity contribution in [2.45, 2.75) is 25.1 Å². The van der Waals surface area contributed by atoms with Crippen LogP contribution in [0.4, 0.5) is 13.2 Å². The van der Waals surface area contributed by atoms with Crippen LogP contribution < -0.4 is 10.1 Å². The smallest absolute Gasteiger partial charge is 0.422 e. The fraction of sp³-hybridized carbons (Fsp3) is 0.333. The first-order chi connectivity index (χ1) is 14.4. The molecule has 4 rings (SSSR count). The Morgan fingerprint density at radius 1 is 1.23 bits per heavy atom. The molecular formula is C21H20F3N3O3. The predicted octanol–water partition coefficient (Wildman–Crippen LogP) is 3.85. The molecule has 1 amide bonds. The van der Waals surface area contributed by atoms with Crippen LogP contribution in [0.25, 0.3) is 16.8 Å². The highest BCUT2D eigenvalue weighted by atomic mass is 19.4. The minimum absolute atomic E-state index is 0.0629. The summed E-state index contributed by atoms with van der Waals surface area (Å²) < 4.78 is 49.9. The van der Waals surface area contributed by atoms with Crippen molar-refractivity contribution in [3.63, 3.8) is 0 Å². The maximum Gasteiger partial charge on any atom is 0.422 e. The van der Waals surface area contributed by atoms with Gasteiger partial charge in [0.25, 0.3) is 5.91 Å². The lowest BCUT2D eigenvalue weighted by Crippen LogP contribution is -2.40. The third-order valence-electron chi connectivity index (χ3n) is 4.78. The molecule has 2 aromatic heterocycles. The standard InChI is InChI=1S/C21H20F3N3O3/c22-21(23,24)13-30-18-8-2-1-6-15(18)16-7-3-9-27-11-17(26-19(16)27)20(28)25-14-5-4-10-29-12-14/h1-3,6-9,11,14H,4-5,10,12-13H2,(H,25,28). The summed E-state index contributed by atoms with van der Waals surface area (Å²) in [5.74, 6) is -0.224. The SMILES string of the molecule is O=C(NC1CCCOC1)c1cn2cccc(-c3ccccc3OCC(F)(F)F)c2n1. The van der Waals surface area contributed by atoms with Gasteiger partial charge in [-0.2, -0.15) is 13.2 Å². The van der Waals surface area contributed by atoms with Crippen molar-refractivity contribution in [3.8, 4) is 16.9 Å². The number of alkyl halides is 3. The second kappa shape index (κ2) is 8.35. The first-order valence-corrected chi connectivity index (χ1v) is 9.56. The second-order valence-corrected chi connectivity index (χ2v) is 7.07. The molecule has 0 bridgehead atoms. The summed E-state index contributed by atoms with van der Waals surface area (Å²) in [4.78, 5) is 17.1. The highest BCUT2D eigenvalue weighted by molar-refractivity contribution is 5.94. The van der Waals surface area contributed by atoms with Crippen LogP contribution in [0.1, 0.15) is 23.3 Å². The Bertz CT molecular complexity index is 1040. The third-order valence-corrected chi connectivity index (χ3v) is 4.78. The molecule has 3 aromatic rings.